The molecule has 4 atom stereocenters. The molecule has 1 amide bonds. The van der Waals surface area contributed by atoms with Crippen molar-refractivity contribution in [1.29, 1.82) is 0 Å². The molecule has 6 nitrogen and oxygen atoms in total. The first kappa shape index (κ1) is 9.40. The normalized spacial score (nSPS) is 42.5. The summed E-state index contributed by atoms with van der Waals surface area (Å²) >= 11 is 0. The fraction of sp³-hybridized carbons (Fsp3) is 0.833. The van der Waals surface area contributed by atoms with E-state index in [0.29, 0.717) is 0 Å². The van der Waals surface area contributed by atoms with Gasteiger partial charge in [-0.1, -0.05) is 0 Å². The van der Waals surface area contributed by atoms with Crippen molar-refractivity contribution in [3.8, 4) is 0 Å². The summed E-state index contributed by atoms with van der Waals surface area (Å²) in [7, 11) is 0. The Hall–Kier alpha value is -0.690. The van der Waals surface area contributed by atoms with Crippen LogP contribution < -0.4 is 11.1 Å². The SMILES string of the molecule is NC1C(=O)NC(CO)[C@@H](O)C1O. The van der Waals surface area contributed by atoms with Gasteiger partial charge < -0.3 is 26.4 Å². The van der Waals surface area contributed by atoms with E-state index < -0.39 is 36.8 Å². The zero-order valence-electron chi connectivity index (χ0n) is 6.34. The molecule has 6 N–H and O–H groups in total. The summed E-state index contributed by atoms with van der Waals surface area (Å²) in [6.45, 7) is -0.420. The average Bonchev–Trinajstić information content (AvgIpc) is 2.08. The van der Waals surface area contributed by atoms with Gasteiger partial charge in [-0.05, 0) is 0 Å². The quantitative estimate of drug-likeness (QED) is 0.284. The van der Waals surface area contributed by atoms with E-state index in [2.05, 4.69) is 5.32 Å². The van der Waals surface area contributed by atoms with Gasteiger partial charge in [-0.2, -0.15) is 0 Å². The molecule has 3 unspecified atom stereocenters. The lowest BCUT2D eigenvalue weighted by atomic mass is 9.95. The maximum Gasteiger partial charge on any atom is 0.240 e. The maximum atomic E-state index is 10.9. The molecule has 0 aromatic heterocycles. The first-order valence-corrected chi connectivity index (χ1v) is 3.61. The summed E-state index contributed by atoms with van der Waals surface area (Å²) in [5.41, 5.74) is 5.23. The summed E-state index contributed by atoms with van der Waals surface area (Å²) in [6.07, 6.45) is -2.52. The lowest BCUT2D eigenvalue weighted by Gasteiger charge is -2.34. The van der Waals surface area contributed by atoms with Crippen LogP contribution in [0.25, 0.3) is 0 Å². The van der Waals surface area contributed by atoms with Crippen LogP contribution in [0.3, 0.4) is 0 Å². The van der Waals surface area contributed by atoms with Crippen LogP contribution in [0.4, 0.5) is 0 Å². The van der Waals surface area contributed by atoms with E-state index in [1.807, 2.05) is 0 Å². The number of nitrogens with one attached hydrogen (secondary N) is 1. The third-order valence-corrected chi connectivity index (χ3v) is 1.96. The van der Waals surface area contributed by atoms with E-state index in [-0.39, 0.29) is 0 Å². The highest BCUT2D eigenvalue weighted by molar-refractivity contribution is 5.83. The van der Waals surface area contributed by atoms with E-state index in [0.717, 1.165) is 0 Å². The number of hydrogen-bond donors (Lipinski definition) is 5. The summed E-state index contributed by atoms with van der Waals surface area (Å²) in [4.78, 5) is 10.9. The van der Waals surface area contributed by atoms with Gasteiger partial charge >= 0.3 is 0 Å². The molecule has 1 heterocycles. The van der Waals surface area contributed by atoms with E-state index in [1.165, 1.54) is 0 Å². The van der Waals surface area contributed by atoms with Crippen LogP contribution in [-0.2, 0) is 4.79 Å². The van der Waals surface area contributed by atoms with Crippen molar-refractivity contribution in [3.05, 3.63) is 0 Å². The predicted octanol–water partition coefficient (Wildman–Crippen LogP) is -3.47. The van der Waals surface area contributed by atoms with Crippen LogP contribution in [0.15, 0.2) is 0 Å². The van der Waals surface area contributed by atoms with E-state index in [9.17, 15) is 15.0 Å². The van der Waals surface area contributed by atoms with Gasteiger partial charge in [0.2, 0.25) is 5.91 Å². The molecular formula is C6H12N2O4. The molecule has 0 aromatic rings. The molecule has 0 aliphatic carbocycles. The third-order valence-electron chi connectivity index (χ3n) is 1.96. The van der Waals surface area contributed by atoms with Gasteiger partial charge in [0.1, 0.15) is 18.2 Å². The highest BCUT2D eigenvalue weighted by Crippen LogP contribution is 2.09. The van der Waals surface area contributed by atoms with E-state index >= 15 is 0 Å². The minimum atomic E-state index is -1.31. The molecule has 0 radical (unpaired) electrons. The highest BCUT2D eigenvalue weighted by atomic mass is 16.3. The van der Waals surface area contributed by atoms with Crippen LogP contribution in [0.5, 0.6) is 0 Å². The van der Waals surface area contributed by atoms with Crippen molar-refractivity contribution < 1.29 is 20.1 Å². The second-order valence-electron chi connectivity index (χ2n) is 2.80. The van der Waals surface area contributed by atoms with Gasteiger partial charge in [0, 0.05) is 0 Å². The van der Waals surface area contributed by atoms with Crippen LogP contribution in [0.1, 0.15) is 0 Å². The number of carbonyl (C=O) groups is 1. The van der Waals surface area contributed by atoms with Gasteiger partial charge in [-0.3, -0.25) is 4.79 Å². The van der Waals surface area contributed by atoms with Crippen molar-refractivity contribution >= 4 is 5.91 Å². The standard InChI is InChI=1S/C6H12N2O4/c7-3-5(11)4(10)2(1-9)8-6(3)12/h2-5,9-11H,1,7H2,(H,8,12)/t2?,3?,4-,5?/m1/s1. The highest BCUT2D eigenvalue weighted by Gasteiger charge is 2.39. The number of amides is 1. The number of aliphatic hydroxyl groups is 3. The molecule has 70 valence electrons. The molecule has 0 aromatic carbocycles. The summed E-state index contributed by atoms with van der Waals surface area (Å²) in [6, 6.07) is -1.95. The molecular weight excluding hydrogens is 164 g/mol. The zero-order chi connectivity index (χ0) is 9.30. The summed E-state index contributed by atoms with van der Waals surface area (Å²) in [5, 5.41) is 29.3. The lowest BCUT2D eigenvalue weighted by Crippen LogP contribution is -2.66. The molecule has 12 heavy (non-hydrogen) atoms. The van der Waals surface area contributed by atoms with Crippen molar-refractivity contribution in [1.82, 2.24) is 5.32 Å². The number of aliphatic hydroxyl groups excluding tert-OH is 3. The second kappa shape index (κ2) is 3.36. The molecule has 1 rings (SSSR count). The van der Waals surface area contributed by atoms with E-state index in [1.54, 1.807) is 0 Å². The number of carbonyl (C=O) groups excluding carboxylic acids is 1. The molecule has 1 aliphatic rings. The van der Waals surface area contributed by atoms with E-state index in [4.69, 9.17) is 10.8 Å². The Bertz CT molecular complexity index is 184. The molecule has 1 fully saturated rings. The Kier molecular flexibility index (Phi) is 2.63. The van der Waals surface area contributed by atoms with Crippen LogP contribution >= 0.6 is 0 Å². The Morgan fingerprint density at radius 3 is 2.50 bits per heavy atom. The molecule has 1 aliphatic heterocycles. The number of hydrogen-bond acceptors (Lipinski definition) is 5. The summed E-state index contributed by atoms with van der Waals surface area (Å²) < 4.78 is 0. The number of nitrogens with two attached hydrogens (primary N) is 1. The second-order valence-corrected chi connectivity index (χ2v) is 2.80. The minimum Gasteiger partial charge on any atom is -0.394 e. The monoisotopic (exact) mass is 176 g/mol. The summed E-state index contributed by atoms with van der Waals surface area (Å²) in [5.74, 6) is -0.563. The van der Waals surface area contributed by atoms with Gasteiger partial charge in [0.25, 0.3) is 0 Å². The van der Waals surface area contributed by atoms with Crippen molar-refractivity contribution in [3.63, 3.8) is 0 Å². The number of rotatable bonds is 1. The van der Waals surface area contributed by atoms with Crippen molar-refractivity contribution in [2.75, 3.05) is 6.61 Å². The first-order chi connectivity index (χ1) is 5.57. The van der Waals surface area contributed by atoms with Gasteiger partial charge in [0.15, 0.2) is 0 Å². The lowest BCUT2D eigenvalue weighted by molar-refractivity contribution is -0.137. The molecule has 0 spiro atoms. The predicted molar refractivity (Wildman–Crippen MR) is 39.0 cm³/mol. The fourth-order valence-electron chi connectivity index (χ4n) is 1.12. The Labute approximate surface area is 69.0 Å². The Morgan fingerprint density at radius 2 is 2.00 bits per heavy atom. The minimum absolute atomic E-state index is 0.420. The maximum absolute atomic E-state index is 10.9. The van der Waals surface area contributed by atoms with Crippen LogP contribution in [0, 0.1) is 0 Å². The van der Waals surface area contributed by atoms with Crippen molar-refractivity contribution in [2.45, 2.75) is 24.3 Å². The average molecular weight is 176 g/mol. The molecule has 0 bridgehead atoms. The van der Waals surface area contributed by atoms with Gasteiger partial charge in [-0.15, -0.1) is 0 Å². The smallest absolute Gasteiger partial charge is 0.240 e. The zero-order valence-corrected chi connectivity index (χ0v) is 6.34. The number of piperidine rings is 1. The molecule has 0 saturated carbocycles. The fourth-order valence-corrected chi connectivity index (χ4v) is 1.12. The van der Waals surface area contributed by atoms with Gasteiger partial charge in [-0.25, -0.2) is 0 Å². The largest absolute Gasteiger partial charge is 0.394 e. The van der Waals surface area contributed by atoms with Crippen molar-refractivity contribution in [2.24, 2.45) is 5.73 Å². The van der Waals surface area contributed by atoms with Crippen LogP contribution in [-0.4, -0.2) is 52.1 Å². The molecule has 6 heteroatoms. The van der Waals surface area contributed by atoms with Gasteiger partial charge in [0.05, 0.1) is 12.6 Å². The molecule has 1 saturated heterocycles. The Balaban J connectivity index is 2.70. The third kappa shape index (κ3) is 1.42. The topological polar surface area (TPSA) is 116 Å². The van der Waals surface area contributed by atoms with Crippen LogP contribution in [0.2, 0.25) is 0 Å². The first-order valence-electron chi connectivity index (χ1n) is 3.61. The Morgan fingerprint density at radius 1 is 1.42 bits per heavy atom.